The highest BCUT2D eigenvalue weighted by Crippen LogP contribution is 2.32. The summed E-state index contributed by atoms with van der Waals surface area (Å²) in [5, 5.41) is 13.7. The molecule has 1 aliphatic carbocycles. The van der Waals surface area contributed by atoms with Crippen molar-refractivity contribution >= 4 is 22.9 Å². The van der Waals surface area contributed by atoms with Crippen LogP contribution in [0.1, 0.15) is 29.5 Å². The normalized spacial score (nSPS) is 13.3. The number of anilines is 1. The SMILES string of the molecule is COc1ccc(NC(=S)c2ccc3c(c2O)CCCC3)cc1. The molecule has 0 saturated carbocycles. The molecule has 0 atom stereocenters. The Balaban J connectivity index is 1.82. The Morgan fingerprint density at radius 3 is 2.55 bits per heavy atom. The first-order chi connectivity index (χ1) is 10.7. The average molecular weight is 313 g/mol. The number of rotatable bonds is 3. The summed E-state index contributed by atoms with van der Waals surface area (Å²) in [6.45, 7) is 0. The molecule has 22 heavy (non-hydrogen) atoms. The van der Waals surface area contributed by atoms with Gasteiger partial charge in [0.05, 0.1) is 12.7 Å². The quantitative estimate of drug-likeness (QED) is 0.838. The predicted molar refractivity (Wildman–Crippen MR) is 93.1 cm³/mol. The molecule has 0 bridgehead atoms. The molecule has 2 N–H and O–H groups in total. The molecule has 0 saturated heterocycles. The van der Waals surface area contributed by atoms with Crippen LogP contribution in [-0.4, -0.2) is 17.2 Å². The first kappa shape index (κ1) is 14.9. The fraction of sp³-hybridized carbons (Fsp3) is 0.278. The standard InChI is InChI=1S/C18H19NO2S/c1-21-14-9-7-13(8-10-14)19-18(22)16-11-6-12-4-2-3-5-15(12)17(16)20/h6-11,20H,2-5H2,1H3,(H,19,22). The monoisotopic (exact) mass is 313 g/mol. The van der Waals surface area contributed by atoms with E-state index < -0.39 is 0 Å². The summed E-state index contributed by atoms with van der Waals surface area (Å²) in [6.07, 6.45) is 4.30. The van der Waals surface area contributed by atoms with Gasteiger partial charge in [-0.15, -0.1) is 0 Å². The molecule has 3 rings (SSSR count). The van der Waals surface area contributed by atoms with Gasteiger partial charge in [0.2, 0.25) is 0 Å². The van der Waals surface area contributed by atoms with Gasteiger partial charge in [0, 0.05) is 5.69 Å². The molecule has 3 nitrogen and oxygen atoms in total. The second-order valence-electron chi connectivity index (χ2n) is 5.49. The van der Waals surface area contributed by atoms with Crippen LogP contribution in [0, 0.1) is 0 Å². The van der Waals surface area contributed by atoms with Crippen LogP contribution in [0.4, 0.5) is 5.69 Å². The van der Waals surface area contributed by atoms with Crippen molar-refractivity contribution in [1.82, 2.24) is 0 Å². The highest BCUT2D eigenvalue weighted by molar-refractivity contribution is 7.81. The zero-order valence-electron chi connectivity index (χ0n) is 12.6. The third-order valence-electron chi connectivity index (χ3n) is 4.10. The molecule has 2 aromatic carbocycles. The number of methoxy groups -OCH3 is 1. The van der Waals surface area contributed by atoms with E-state index in [9.17, 15) is 5.11 Å². The average Bonchev–Trinajstić information content (AvgIpc) is 2.56. The van der Waals surface area contributed by atoms with Crippen molar-refractivity contribution in [1.29, 1.82) is 0 Å². The number of hydrogen-bond acceptors (Lipinski definition) is 3. The van der Waals surface area contributed by atoms with Crippen LogP contribution in [0.25, 0.3) is 0 Å². The smallest absolute Gasteiger partial charge is 0.129 e. The number of fused-ring (bicyclic) bond motifs is 1. The fourth-order valence-corrected chi connectivity index (χ4v) is 3.15. The van der Waals surface area contributed by atoms with Crippen LogP contribution < -0.4 is 10.1 Å². The predicted octanol–water partition coefficient (Wildman–Crippen LogP) is 4.07. The van der Waals surface area contributed by atoms with Crippen molar-refractivity contribution in [3.8, 4) is 11.5 Å². The zero-order chi connectivity index (χ0) is 15.5. The van der Waals surface area contributed by atoms with Crippen molar-refractivity contribution in [2.45, 2.75) is 25.7 Å². The van der Waals surface area contributed by atoms with E-state index in [1.165, 1.54) is 12.0 Å². The maximum Gasteiger partial charge on any atom is 0.129 e. The van der Waals surface area contributed by atoms with E-state index >= 15 is 0 Å². The van der Waals surface area contributed by atoms with Gasteiger partial charge < -0.3 is 15.2 Å². The maximum atomic E-state index is 10.5. The van der Waals surface area contributed by atoms with Crippen molar-refractivity contribution in [3.05, 3.63) is 53.1 Å². The summed E-state index contributed by atoms with van der Waals surface area (Å²) in [5.41, 5.74) is 3.89. The number of nitrogens with one attached hydrogen (secondary N) is 1. The molecule has 0 unspecified atom stereocenters. The lowest BCUT2D eigenvalue weighted by atomic mass is 9.89. The molecule has 0 amide bonds. The van der Waals surface area contributed by atoms with Gasteiger partial charge in [0.25, 0.3) is 0 Å². The Bertz CT molecular complexity index is 695. The van der Waals surface area contributed by atoms with E-state index in [4.69, 9.17) is 17.0 Å². The molecule has 2 aromatic rings. The summed E-state index contributed by atoms with van der Waals surface area (Å²) in [4.78, 5) is 0.538. The second kappa shape index (κ2) is 6.36. The summed E-state index contributed by atoms with van der Waals surface area (Å²) in [7, 11) is 1.64. The number of hydrogen-bond donors (Lipinski definition) is 2. The van der Waals surface area contributed by atoms with Gasteiger partial charge in [0.15, 0.2) is 0 Å². The first-order valence-corrected chi connectivity index (χ1v) is 7.89. The van der Waals surface area contributed by atoms with E-state index in [2.05, 4.69) is 11.4 Å². The minimum absolute atomic E-state index is 0.336. The number of thiocarbonyl (C=S) groups is 1. The third kappa shape index (κ3) is 2.92. The van der Waals surface area contributed by atoms with Gasteiger partial charge in [-0.1, -0.05) is 18.3 Å². The Morgan fingerprint density at radius 2 is 1.82 bits per heavy atom. The van der Waals surface area contributed by atoms with Gasteiger partial charge in [-0.3, -0.25) is 0 Å². The van der Waals surface area contributed by atoms with Crippen molar-refractivity contribution in [2.75, 3.05) is 12.4 Å². The van der Waals surface area contributed by atoms with Gasteiger partial charge in [-0.05, 0) is 67.1 Å². The lowest BCUT2D eigenvalue weighted by Crippen LogP contribution is -2.13. The van der Waals surface area contributed by atoms with Crippen LogP contribution in [0.5, 0.6) is 11.5 Å². The van der Waals surface area contributed by atoms with Gasteiger partial charge >= 0.3 is 0 Å². The zero-order valence-corrected chi connectivity index (χ0v) is 13.4. The molecule has 1 aliphatic rings. The highest BCUT2D eigenvalue weighted by Gasteiger charge is 2.18. The van der Waals surface area contributed by atoms with Crippen molar-refractivity contribution in [2.24, 2.45) is 0 Å². The minimum Gasteiger partial charge on any atom is -0.507 e. The summed E-state index contributed by atoms with van der Waals surface area (Å²) in [6, 6.07) is 11.6. The largest absolute Gasteiger partial charge is 0.507 e. The van der Waals surface area contributed by atoms with Crippen LogP contribution in [0.3, 0.4) is 0 Å². The molecule has 0 fully saturated rings. The number of ether oxygens (including phenoxy) is 1. The van der Waals surface area contributed by atoms with Crippen LogP contribution in [0.15, 0.2) is 36.4 Å². The fourth-order valence-electron chi connectivity index (χ4n) is 2.86. The van der Waals surface area contributed by atoms with E-state index in [1.54, 1.807) is 7.11 Å². The van der Waals surface area contributed by atoms with Gasteiger partial charge in [-0.25, -0.2) is 0 Å². The Kier molecular flexibility index (Phi) is 4.29. The molecule has 4 heteroatoms. The summed E-state index contributed by atoms with van der Waals surface area (Å²) < 4.78 is 5.14. The molecule has 0 spiro atoms. The Labute approximate surface area is 135 Å². The van der Waals surface area contributed by atoms with Crippen molar-refractivity contribution < 1.29 is 9.84 Å². The van der Waals surface area contributed by atoms with E-state index in [-0.39, 0.29) is 0 Å². The topological polar surface area (TPSA) is 41.5 Å². The number of phenolic OH excluding ortho intramolecular Hbond substituents is 1. The van der Waals surface area contributed by atoms with E-state index in [0.29, 0.717) is 16.3 Å². The Morgan fingerprint density at radius 1 is 1.09 bits per heavy atom. The third-order valence-corrected chi connectivity index (χ3v) is 4.42. The van der Waals surface area contributed by atoms with Crippen LogP contribution in [-0.2, 0) is 12.8 Å². The molecule has 0 heterocycles. The van der Waals surface area contributed by atoms with E-state index in [0.717, 1.165) is 36.3 Å². The molecular weight excluding hydrogens is 294 g/mol. The lowest BCUT2D eigenvalue weighted by Gasteiger charge is -2.19. The number of phenols is 1. The van der Waals surface area contributed by atoms with Gasteiger partial charge in [-0.2, -0.15) is 0 Å². The Hall–Kier alpha value is -2.07. The molecule has 0 aliphatic heterocycles. The molecular formula is C18H19NO2S. The number of aryl methyl sites for hydroxylation is 1. The highest BCUT2D eigenvalue weighted by atomic mass is 32.1. The summed E-state index contributed by atoms with van der Waals surface area (Å²) in [5.74, 6) is 1.14. The maximum absolute atomic E-state index is 10.5. The summed E-state index contributed by atoms with van der Waals surface area (Å²) >= 11 is 5.45. The lowest BCUT2D eigenvalue weighted by molar-refractivity contribution is 0.415. The molecule has 114 valence electrons. The number of benzene rings is 2. The van der Waals surface area contributed by atoms with Crippen LogP contribution in [0.2, 0.25) is 0 Å². The number of aromatic hydroxyl groups is 1. The van der Waals surface area contributed by atoms with Gasteiger partial charge in [0.1, 0.15) is 16.5 Å². The van der Waals surface area contributed by atoms with E-state index in [1.807, 2.05) is 30.3 Å². The molecule has 0 radical (unpaired) electrons. The second-order valence-corrected chi connectivity index (χ2v) is 5.90. The minimum atomic E-state index is 0.336. The molecule has 0 aromatic heterocycles. The van der Waals surface area contributed by atoms with Crippen molar-refractivity contribution in [3.63, 3.8) is 0 Å². The first-order valence-electron chi connectivity index (χ1n) is 7.48. The van der Waals surface area contributed by atoms with Crippen LogP contribution >= 0.6 is 12.2 Å².